The first-order valence-electron chi connectivity index (χ1n) is 12.2. The SMILES string of the molecule is CCOC(=O)C1CCN(C(=O)Nc2ccc(Cl)cc2)C1C(=O)Nc1ccc(N2CCCCC2=O)cc1F. The number of benzene rings is 2. The van der Waals surface area contributed by atoms with E-state index in [1.165, 1.54) is 21.9 Å². The maximum atomic E-state index is 15.0. The van der Waals surface area contributed by atoms with Crippen LogP contribution >= 0.6 is 11.6 Å². The van der Waals surface area contributed by atoms with Crippen molar-refractivity contribution in [1.82, 2.24) is 4.90 Å². The van der Waals surface area contributed by atoms with Crippen molar-refractivity contribution in [2.24, 2.45) is 5.92 Å². The van der Waals surface area contributed by atoms with Gasteiger partial charge in [-0.05, 0) is 68.7 Å². The Kier molecular flexibility index (Phi) is 8.27. The first-order valence-corrected chi connectivity index (χ1v) is 12.6. The molecule has 2 fully saturated rings. The van der Waals surface area contributed by atoms with Gasteiger partial charge in [-0.25, -0.2) is 9.18 Å². The predicted octanol–water partition coefficient (Wildman–Crippen LogP) is 4.42. The maximum Gasteiger partial charge on any atom is 0.322 e. The molecule has 196 valence electrons. The number of carbonyl (C=O) groups excluding carboxylic acids is 4. The second-order valence-electron chi connectivity index (χ2n) is 8.88. The monoisotopic (exact) mass is 530 g/mol. The van der Waals surface area contributed by atoms with E-state index in [4.69, 9.17) is 16.3 Å². The van der Waals surface area contributed by atoms with Gasteiger partial charge < -0.3 is 25.2 Å². The Hall–Kier alpha value is -3.66. The van der Waals surface area contributed by atoms with Gasteiger partial charge >= 0.3 is 12.0 Å². The molecule has 2 aromatic carbocycles. The number of hydrogen-bond donors (Lipinski definition) is 2. The Morgan fingerprint density at radius 1 is 1.08 bits per heavy atom. The Morgan fingerprint density at radius 2 is 1.84 bits per heavy atom. The van der Waals surface area contributed by atoms with Crippen LogP contribution < -0.4 is 15.5 Å². The number of likely N-dealkylation sites (tertiary alicyclic amines) is 1. The molecule has 0 bridgehead atoms. The van der Waals surface area contributed by atoms with Crippen LogP contribution in [0.5, 0.6) is 0 Å². The normalized spacial score (nSPS) is 19.5. The number of rotatable bonds is 6. The number of nitrogens with one attached hydrogen (secondary N) is 2. The van der Waals surface area contributed by atoms with Crippen molar-refractivity contribution in [2.45, 2.75) is 38.6 Å². The zero-order valence-corrected chi connectivity index (χ0v) is 21.1. The third-order valence-corrected chi connectivity index (χ3v) is 6.71. The lowest BCUT2D eigenvalue weighted by Crippen LogP contribution is -2.49. The van der Waals surface area contributed by atoms with Gasteiger partial charge in [0.25, 0.3) is 0 Å². The van der Waals surface area contributed by atoms with E-state index in [9.17, 15) is 23.6 Å². The second kappa shape index (κ2) is 11.6. The van der Waals surface area contributed by atoms with Crippen LogP contribution in [0.1, 0.15) is 32.6 Å². The minimum atomic E-state index is -1.21. The summed E-state index contributed by atoms with van der Waals surface area (Å²) in [5.74, 6) is -3.05. The molecule has 4 amide bonds. The molecule has 11 heteroatoms. The molecule has 0 spiro atoms. The summed E-state index contributed by atoms with van der Waals surface area (Å²) in [6.45, 7) is 2.40. The Balaban J connectivity index is 1.53. The number of carbonyl (C=O) groups is 4. The van der Waals surface area contributed by atoms with Crippen molar-refractivity contribution in [3.8, 4) is 0 Å². The fourth-order valence-corrected chi connectivity index (χ4v) is 4.75. The van der Waals surface area contributed by atoms with Crippen LogP contribution in [-0.2, 0) is 19.1 Å². The molecule has 0 radical (unpaired) electrons. The van der Waals surface area contributed by atoms with Crippen LogP contribution in [0.4, 0.5) is 26.2 Å². The van der Waals surface area contributed by atoms with E-state index in [2.05, 4.69) is 10.6 Å². The fourth-order valence-electron chi connectivity index (χ4n) is 4.63. The number of urea groups is 1. The van der Waals surface area contributed by atoms with Gasteiger partial charge in [0.1, 0.15) is 11.9 Å². The van der Waals surface area contributed by atoms with E-state index in [-0.39, 0.29) is 31.2 Å². The largest absolute Gasteiger partial charge is 0.466 e. The zero-order valence-electron chi connectivity index (χ0n) is 20.3. The summed E-state index contributed by atoms with van der Waals surface area (Å²) in [5.41, 5.74) is 0.752. The Labute approximate surface area is 218 Å². The van der Waals surface area contributed by atoms with Crippen LogP contribution in [0.2, 0.25) is 5.02 Å². The van der Waals surface area contributed by atoms with Crippen LogP contribution in [0.25, 0.3) is 0 Å². The summed E-state index contributed by atoms with van der Waals surface area (Å²) >= 11 is 5.90. The number of anilines is 3. The van der Waals surface area contributed by atoms with Crippen LogP contribution in [0, 0.1) is 11.7 Å². The van der Waals surface area contributed by atoms with Gasteiger partial charge in [0.05, 0.1) is 18.2 Å². The topological polar surface area (TPSA) is 108 Å². The molecule has 2 aliphatic heterocycles. The van der Waals surface area contributed by atoms with Crippen molar-refractivity contribution >= 4 is 52.5 Å². The predicted molar refractivity (Wildman–Crippen MR) is 137 cm³/mol. The van der Waals surface area contributed by atoms with E-state index in [1.54, 1.807) is 37.3 Å². The fraction of sp³-hybridized carbons (Fsp3) is 0.385. The highest BCUT2D eigenvalue weighted by Gasteiger charge is 2.46. The van der Waals surface area contributed by atoms with Crippen molar-refractivity contribution in [3.63, 3.8) is 0 Å². The summed E-state index contributed by atoms with van der Waals surface area (Å²) < 4.78 is 20.1. The molecular formula is C26H28ClFN4O5. The lowest BCUT2D eigenvalue weighted by molar-refractivity contribution is -0.150. The molecule has 2 aliphatic rings. The number of esters is 1. The van der Waals surface area contributed by atoms with Crippen molar-refractivity contribution < 1.29 is 28.3 Å². The molecule has 2 N–H and O–H groups in total. The first-order chi connectivity index (χ1) is 17.8. The molecule has 2 atom stereocenters. The van der Waals surface area contributed by atoms with Crippen molar-refractivity contribution in [2.75, 3.05) is 35.2 Å². The summed E-state index contributed by atoms with van der Waals surface area (Å²) in [7, 11) is 0. The Bertz CT molecular complexity index is 1190. The Morgan fingerprint density at radius 3 is 2.51 bits per heavy atom. The second-order valence-corrected chi connectivity index (χ2v) is 9.31. The maximum absolute atomic E-state index is 15.0. The number of amides is 4. The van der Waals surface area contributed by atoms with Gasteiger partial charge in [0.2, 0.25) is 11.8 Å². The number of ether oxygens (including phenoxy) is 1. The molecule has 0 saturated carbocycles. The summed E-state index contributed by atoms with van der Waals surface area (Å²) in [4.78, 5) is 53.9. The van der Waals surface area contributed by atoms with Gasteiger partial charge in [-0.2, -0.15) is 0 Å². The van der Waals surface area contributed by atoms with Gasteiger partial charge in [0, 0.05) is 35.9 Å². The highest BCUT2D eigenvalue weighted by Crippen LogP contribution is 2.30. The molecule has 4 rings (SSSR count). The van der Waals surface area contributed by atoms with E-state index in [0.717, 1.165) is 12.8 Å². The lowest BCUT2D eigenvalue weighted by Gasteiger charge is -2.28. The quantitative estimate of drug-likeness (QED) is 0.537. The average Bonchev–Trinajstić information content (AvgIpc) is 3.33. The minimum absolute atomic E-state index is 0.0759. The molecule has 37 heavy (non-hydrogen) atoms. The lowest BCUT2D eigenvalue weighted by atomic mass is 9.99. The number of piperidine rings is 1. The molecule has 9 nitrogen and oxygen atoms in total. The minimum Gasteiger partial charge on any atom is -0.466 e. The average molecular weight is 531 g/mol. The van der Waals surface area contributed by atoms with E-state index in [1.807, 2.05) is 0 Å². The van der Waals surface area contributed by atoms with E-state index >= 15 is 0 Å². The van der Waals surface area contributed by atoms with Gasteiger partial charge in [0.15, 0.2) is 0 Å². The van der Waals surface area contributed by atoms with Gasteiger partial charge in [-0.15, -0.1) is 0 Å². The third kappa shape index (κ3) is 6.02. The van der Waals surface area contributed by atoms with E-state index < -0.39 is 35.7 Å². The molecule has 0 aliphatic carbocycles. The molecule has 2 aromatic rings. The number of nitrogens with zero attached hydrogens (tertiary/aromatic N) is 2. The summed E-state index contributed by atoms with van der Waals surface area (Å²) in [5, 5.41) is 5.70. The molecule has 2 unspecified atom stereocenters. The standard InChI is InChI=1S/C26H28ClFN4O5/c1-2-37-25(35)19-12-14-32(26(36)29-17-8-6-16(27)7-9-17)23(19)24(34)30-21-11-10-18(15-20(21)28)31-13-4-3-5-22(31)33/h6-11,15,19,23H,2-5,12-14H2,1H3,(H,29,36)(H,30,34). The third-order valence-electron chi connectivity index (χ3n) is 6.46. The summed E-state index contributed by atoms with van der Waals surface area (Å²) in [6.07, 6.45) is 2.25. The highest BCUT2D eigenvalue weighted by molar-refractivity contribution is 6.30. The van der Waals surface area contributed by atoms with Crippen molar-refractivity contribution in [1.29, 1.82) is 0 Å². The highest BCUT2D eigenvalue weighted by atomic mass is 35.5. The zero-order chi connectivity index (χ0) is 26.5. The molecule has 0 aromatic heterocycles. The van der Waals surface area contributed by atoms with Crippen LogP contribution in [0.3, 0.4) is 0 Å². The first kappa shape index (κ1) is 26.4. The number of hydrogen-bond acceptors (Lipinski definition) is 5. The van der Waals surface area contributed by atoms with Gasteiger partial charge in [-0.1, -0.05) is 11.6 Å². The van der Waals surface area contributed by atoms with Gasteiger partial charge in [-0.3, -0.25) is 14.4 Å². The molecular weight excluding hydrogens is 503 g/mol. The van der Waals surface area contributed by atoms with Crippen LogP contribution in [0.15, 0.2) is 42.5 Å². The summed E-state index contributed by atoms with van der Waals surface area (Å²) in [6, 6.07) is 8.76. The van der Waals surface area contributed by atoms with Crippen LogP contribution in [-0.4, -0.2) is 54.5 Å². The molecule has 2 heterocycles. The smallest absolute Gasteiger partial charge is 0.322 e. The van der Waals surface area contributed by atoms with Crippen molar-refractivity contribution in [3.05, 3.63) is 53.3 Å². The van der Waals surface area contributed by atoms with E-state index in [0.29, 0.717) is 29.4 Å². The number of halogens is 2. The molecule has 2 saturated heterocycles.